The van der Waals surface area contributed by atoms with Crippen LogP contribution in [-0.4, -0.2) is 36.4 Å². The second kappa shape index (κ2) is 7.78. The van der Waals surface area contributed by atoms with E-state index in [1.165, 1.54) is 30.0 Å². The molecular weight excluding hydrogens is 427 g/mol. The molecule has 0 saturated heterocycles. The van der Waals surface area contributed by atoms with E-state index in [4.69, 9.17) is 27.9 Å². The molecule has 28 heavy (non-hydrogen) atoms. The van der Waals surface area contributed by atoms with Crippen molar-refractivity contribution in [2.45, 2.75) is 11.8 Å². The Balaban J connectivity index is 1.92. The van der Waals surface area contributed by atoms with Gasteiger partial charge < -0.3 is 4.74 Å². The SMILES string of the molecule is COc1ccc(-n2nnc(C(=O)NS(=O)(=O)c3ccccc3Cl)c2C)c(Cl)c1. The van der Waals surface area contributed by atoms with Crippen LogP contribution in [0.15, 0.2) is 47.4 Å². The summed E-state index contributed by atoms with van der Waals surface area (Å²) in [5, 5.41) is 8.01. The van der Waals surface area contributed by atoms with Crippen LogP contribution in [0.3, 0.4) is 0 Å². The summed E-state index contributed by atoms with van der Waals surface area (Å²) >= 11 is 12.1. The minimum atomic E-state index is -4.18. The zero-order valence-corrected chi connectivity index (χ0v) is 17.0. The van der Waals surface area contributed by atoms with Crippen molar-refractivity contribution in [1.82, 2.24) is 19.7 Å². The normalized spacial score (nSPS) is 11.3. The number of hydrogen-bond donors (Lipinski definition) is 1. The number of carbonyl (C=O) groups excluding carboxylic acids is 1. The summed E-state index contributed by atoms with van der Waals surface area (Å²) < 4.78 is 33.3. The number of aromatic nitrogens is 3. The predicted octanol–water partition coefficient (Wildman–Crippen LogP) is 3.01. The Morgan fingerprint density at radius 2 is 1.86 bits per heavy atom. The van der Waals surface area contributed by atoms with Gasteiger partial charge >= 0.3 is 0 Å². The fourth-order valence-electron chi connectivity index (χ4n) is 2.44. The van der Waals surface area contributed by atoms with Crippen LogP contribution >= 0.6 is 23.2 Å². The molecule has 0 spiro atoms. The van der Waals surface area contributed by atoms with Gasteiger partial charge in [0.15, 0.2) is 5.69 Å². The first-order valence-corrected chi connectivity index (χ1v) is 10.1. The first-order valence-electron chi connectivity index (χ1n) is 7.82. The lowest BCUT2D eigenvalue weighted by Crippen LogP contribution is -2.31. The number of halogens is 2. The van der Waals surface area contributed by atoms with E-state index < -0.39 is 15.9 Å². The van der Waals surface area contributed by atoms with E-state index >= 15 is 0 Å². The van der Waals surface area contributed by atoms with Crippen LogP contribution in [0.5, 0.6) is 5.75 Å². The summed E-state index contributed by atoms with van der Waals surface area (Å²) in [6.45, 7) is 1.57. The molecule has 11 heteroatoms. The topological polar surface area (TPSA) is 103 Å². The number of methoxy groups -OCH3 is 1. The van der Waals surface area contributed by atoms with Crippen molar-refractivity contribution in [3.63, 3.8) is 0 Å². The molecule has 1 aromatic heterocycles. The zero-order valence-electron chi connectivity index (χ0n) is 14.7. The van der Waals surface area contributed by atoms with Crippen molar-refractivity contribution in [3.05, 3.63) is 63.9 Å². The van der Waals surface area contributed by atoms with Gasteiger partial charge in [0.25, 0.3) is 15.9 Å². The van der Waals surface area contributed by atoms with Gasteiger partial charge in [-0.1, -0.05) is 40.5 Å². The first kappa shape index (κ1) is 20.1. The monoisotopic (exact) mass is 440 g/mol. The molecule has 0 radical (unpaired) electrons. The Kier molecular flexibility index (Phi) is 5.59. The summed E-state index contributed by atoms with van der Waals surface area (Å²) in [6, 6.07) is 10.7. The molecule has 146 valence electrons. The van der Waals surface area contributed by atoms with E-state index in [1.54, 1.807) is 31.2 Å². The van der Waals surface area contributed by atoms with E-state index in [2.05, 4.69) is 10.3 Å². The maximum Gasteiger partial charge on any atom is 0.287 e. The molecule has 3 aromatic rings. The van der Waals surface area contributed by atoms with E-state index in [0.717, 1.165) is 0 Å². The lowest BCUT2D eigenvalue weighted by atomic mass is 10.2. The third kappa shape index (κ3) is 3.82. The molecule has 0 fully saturated rings. The number of hydrogen-bond acceptors (Lipinski definition) is 6. The lowest BCUT2D eigenvalue weighted by molar-refractivity contribution is 0.0976. The van der Waals surface area contributed by atoms with Gasteiger partial charge in [-0.3, -0.25) is 4.79 Å². The summed E-state index contributed by atoms with van der Waals surface area (Å²) in [5.74, 6) is -0.386. The molecule has 1 amide bonds. The molecule has 0 aliphatic carbocycles. The number of nitrogens with one attached hydrogen (secondary N) is 1. The van der Waals surface area contributed by atoms with Crippen molar-refractivity contribution in [3.8, 4) is 11.4 Å². The number of ether oxygens (including phenoxy) is 1. The van der Waals surface area contributed by atoms with Crippen molar-refractivity contribution in [2.75, 3.05) is 7.11 Å². The smallest absolute Gasteiger partial charge is 0.287 e. The molecule has 1 N–H and O–H groups in total. The average molecular weight is 441 g/mol. The molecule has 1 heterocycles. The van der Waals surface area contributed by atoms with Gasteiger partial charge in [0.05, 0.1) is 28.5 Å². The number of amides is 1. The van der Waals surface area contributed by atoms with Crippen LogP contribution in [0.1, 0.15) is 16.2 Å². The fraction of sp³-hybridized carbons (Fsp3) is 0.118. The molecular formula is C17H14Cl2N4O4S. The second-order valence-electron chi connectivity index (χ2n) is 5.62. The molecule has 0 aliphatic heterocycles. The Bertz CT molecular complexity index is 1160. The van der Waals surface area contributed by atoms with E-state index in [-0.39, 0.29) is 15.6 Å². The van der Waals surface area contributed by atoms with Crippen molar-refractivity contribution >= 4 is 39.1 Å². The highest BCUT2D eigenvalue weighted by Crippen LogP contribution is 2.26. The van der Waals surface area contributed by atoms with E-state index in [0.29, 0.717) is 22.2 Å². The van der Waals surface area contributed by atoms with Gasteiger partial charge in [0.1, 0.15) is 10.6 Å². The van der Waals surface area contributed by atoms with Crippen LogP contribution in [-0.2, 0) is 10.0 Å². The summed E-state index contributed by atoms with van der Waals surface area (Å²) in [7, 11) is -2.67. The third-order valence-corrected chi connectivity index (χ3v) is 5.98. The molecule has 8 nitrogen and oxygen atoms in total. The van der Waals surface area contributed by atoms with Gasteiger partial charge in [-0.05, 0) is 31.2 Å². The van der Waals surface area contributed by atoms with Gasteiger partial charge in [-0.2, -0.15) is 0 Å². The molecule has 3 rings (SSSR count). The summed E-state index contributed by atoms with van der Waals surface area (Å²) in [4.78, 5) is 12.3. The Hall–Kier alpha value is -2.62. The first-order chi connectivity index (χ1) is 13.2. The Labute approximate surface area is 171 Å². The van der Waals surface area contributed by atoms with Gasteiger partial charge in [-0.15, -0.1) is 5.10 Å². The highest BCUT2D eigenvalue weighted by Gasteiger charge is 2.25. The Morgan fingerprint density at radius 1 is 1.14 bits per heavy atom. The maximum absolute atomic E-state index is 12.5. The molecule has 0 aliphatic rings. The Morgan fingerprint density at radius 3 is 2.50 bits per heavy atom. The van der Waals surface area contributed by atoms with E-state index in [1.807, 2.05) is 4.72 Å². The van der Waals surface area contributed by atoms with Crippen LogP contribution in [0.4, 0.5) is 0 Å². The number of carbonyl (C=O) groups is 1. The second-order valence-corrected chi connectivity index (χ2v) is 8.08. The quantitative estimate of drug-likeness (QED) is 0.653. The van der Waals surface area contributed by atoms with Crippen LogP contribution in [0.25, 0.3) is 5.69 Å². The highest BCUT2D eigenvalue weighted by molar-refractivity contribution is 7.90. The van der Waals surface area contributed by atoms with Gasteiger partial charge in [0.2, 0.25) is 0 Å². The molecule has 0 atom stereocenters. The number of nitrogens with zero attached hydrogens (tertiary/aromatic N) is 3. The van der Waals surface area contributed by atoms with E-state index in [9.17, 15) is 13.2 Å². The summed E-state index contributed by atoms with van der Waals surface area (Å²) in [6.07, 6.45) is 0. The van der Waals surface area contributed by atoms with Crippen molar-refractivity contribution in [2.24, 2.45) is 0 Å². The average Bonchev–Trinajstić information content (AvgIpc) is 3.02. The van der Waals surface area contributed by atoms with Gasteiger partial charge in [0, 0.05) is 6.07 Å². The van der Waals surface area contributed by atoms with Crippen LogP contribution < -0.4 is 9.46 Å². The summed E-state index contributed by atoms with van der Waals surface area (Å²) in [5.41, 5.74) is 0.599. The minimum absolute atomic E-state index is 0.00630. The largest absolute Gasteiger partial charge is 0.497 e. The minimum Gasteiger partial charge on any atom is -0.497 e. The van der Waals surface area contributed by atoms with Crippen molar-refractivity contribution < 1.29 is 17.9 Å². The molecule has 0 bridgehead atoms. The van der Waals surface area contributed by atoms with Gasteiger partial charge in [-0.25, -0.2) is 17.8 Å². The highest BCUT2D eigenvalue weighted by atomic mass is 35.5. The molecule has 0 unspecified atom stereocenters. The zero-order chi connectivity index (χ0) is 20.5. The maximum atomic E-state index is 12.5. The molecule has 2 aromatic carbocycles. The third-order valence-electron chi connectivity index (χ3n) is 3.85. The lowest BCUT2D eigenvalue weighted by Gasteiger charge is -2.09. The standard InChI is InChI=1S/C17H14Cl2N4O4S/c1-10-16(17(24)21-28(25,26)15-6-4-3-5-12(15)18)20-22-23(10)14-8-7-11(27-2)9-13(14)19/h3-9H,1-2H3,(H,21,24). The van der Waals surface area contributed by atoms with Crippen LogP contribution in [0.2, 0.25) is 10.0 Å². The van der Waals surface area contributed by atoms with Crippen LogP contribution in [0, 0.1) is 6.92 Å². The number of sulfonamides is 1. The number of rotatable bonds is 5. The predicted molar refractivity (Wildman–Crippen MR) is 104 cm³/mol. The van der Waals surface area contributed by atoms with Crippen molar-refractivity contribution in [1.29, 1.82) is 0 Å². The number of benzene rings is 2. The fourth-order valence-corrected chi connectivity index (χ4v) is 4.17. The molecule has 0 saturated carbocycles.